The van der Waals surface area contributed by atoms with Crippen molar-refractivity contribution in [3.8, 4) is 0 Å². The minimum atomic E-state index is -3.15. The highest BCUT2D eigenvalue weighted by atomic mass is 32.2. The van der Waals surface area contributed by atoms with Crippen molar-refractivity contribution in [3.05, 3.63) is 0 Å². The van der Waals surface area contributed by atoms with Crippen LogP contribution in [0.2, 0.25) is 0 Å². The Morgan fingerprint density at radius 3 is 2.25 bits per heavy atom. The number of rotatable bonds is 5. The Kier molecular flexibility index (Phi) is 4.41. The predicted molar refractivity (Wildman–Crippen MR) is 47.3 cm³/mol. The summed E-state index contributed by atoms with van der Waals surface area (Å²) in [6.45, 7) is 3.79. The molecular formula is C7H15NO3S. The smallest absolute Gasteiger partial charge is 0.208 e. The first-order chi connectivity index (χ1) is 5.33. The Hall–Kier alpha value is -0.420. The SMILES string of the molecule is CC(C)C(=O)CCNS(C)(=O)=O. The zero-order valence-electron chi connectivity index (χ0n) is 7.62. The van der Waals surface area contributed by atoms with E-state index in [1.54, 1.807) is 13.8 Å². The summed E-state index contributed by atoms with van der Waals surface area (Å²) < 4.78 is 23.4. The summed E-state index contributed by atoms with van der Waals surface area (Å²) in [5.74, 6) is 0.0533. The average Bonchev–Trinajstić information content (AvgIpc) is 1.84. The normalized spacial score (nSPS) is 12.0. The fourth-order valence-electron chi connectivity index (χ4n) is 0.648. The number of nitrogens with one attached hydrogen (secondary N) is 1. The second-order valence-electron chi connectivity index (χ2n) is 3.04. The molecule has 0 rings (SSSR count). The van der Waals surface area contributed by atoms with Crippen molar-refractivity contribution in [2.75, 3.05) is 12.8 Å². The summed E-state index contributed by atoms with van der Waals surface area (Å²) in [7, 11) is -3.15. The van der Waals surface area contributed by atoms with Gasteiger partial charge in [-0.25, -0.2) is 13.1 Å². The molecule has 0 spiro atoms. The zero-order valence-corrected chi connectivity index (χ0v) is 8.44. The predicted octanol–water partition coefficient (Wildman–Crippen LogP) is 0.151. The van der Waals surface area contributed by atoms with Crippen molar-refractivity contribution in [2.45, 2.75) is 20.3 Å². The maximum absolute atomic E-state index is 11.0. The molecule has 0 unspecified atom stereocenters. The molecule has 0 heterocycles. The van der Waals surface area contributed by atoms with Crippen LogP contribution in [0.4, 0.5) is 0 Å². The van der Waals surface area contributed by atoms with Crippen LogP contribution in [0.3, 0.4) is 0 Å². The molecule has 0 fully saturated rings. The molecule has 0 aliphatic rings. The molecule has 4 nitrogen and oxygen atoms in total. The maximum Gasteiger partial charge on any atom is 0.208 e. The van der Waals surface area contributed by atoms with Gasteiger partial charge in [-0.1, -0.05) is 13.8 Å². The number of hydrogen-bond donors (Lipinski definition) is 1. The Bertz CT molecular complexity index is 243. The highest BCUT2D eigenvalue weighted by Gasteiger charge is 2.07. The molecule has 0 atom stereocenters. The molecule has 0 amide bonds. The van der Waals surface area contributed by atoms with E-state index in [9.17, 15) is 13.2 Å². The van der Waals surface area contributed by atoms with Gasteiger partial charge in [-0.2, -0.15) is 0 Å². The van der Waals surface area contributed by atoms with Crippen LogP contribution in [-0.4, -0.2) is 27.0 Å². The topological polar surface area (TPSA) is 63.2 Å². The van der Waals surface area contributed by atoms with Gasteiger partial charge < -0.3 is 0 Å². The number of sulfonamides is 1. The monoisotopic (exact) mass is 193 g/mol. The van der Waals surface area contributed by atoms with Gasteiger partial charge in [-0.15, -0.1) is 0 Å². The van der Waals surface area contributed by atoms with Gasteiger partial charge in [-0.3, -0.25) is 4.79 Å². The van der Waals surface area contributed by atoms with Crippen molar-refractivity contribution in [3.63, 3.8) is 0 Å². The lowest BCUT2D eigenvalue weighted by atomic mass is 10.1. The first-order valence-corrected chi connectivity index (χ1v) is 5.69. The van der Waals surface area contributed by atoms with Gasteiger partial charge in [0.1, 0.15) is 5.78 Å². The van der Waals surface area contributed by atoms with E-state index in [4.69, 9.17) is 0 Å². The van der Waals surface area contributed by atoms with Gasteiger partial charge in [-0.05, 0) is 0 Å². The van der Waals surface area contributed by atoms with Crippen LogP contribution in [-0.2, 0) is 14.8 Å². The highest BCUT2D eigenvalue weighted by molar-refractivity contribution is 7.88. The minimum Gasteiger partial charge on any atom is -0.299 e. The van der Waals surface area contributed by atoms with Crippen molar-refractivity contribution in [2.24, 2.45) is 5.92 Å². The van der Waals surface area contributed by atoms with E-state index in [2.05, 4.69) is 4.72 Å². The fourth-order valence-corrected chi connectivity index (χ4v) is 1.12. The summed E-state index contributed by atoms with van der Waals surface area (Å²) >= 11 is 0. The van der Waals surface area contributed by atoms with Crippen molar-refractivity contribution >= 4 is 15.8 Å². The molecule has 0 aromatic heterocycles. The lowest BCUT2D eigenvalue weighted by Crippen LogP contribution is -2.25. The molecule has 0 radical (unpaired) electrons. The van der Waals surface area contributed by atoms with E-state index in [1.165, 1.54) is 0 Å². The molecule has 0 saturated carbocycles. The van der Waals surface area contributed by atoms with Crippen LogP contribution in [0.5, 0.6) is 0 Å². The third-order valence-electron chi connectivity index (χ3n) is 1.38. The molecule has 0 aromatic rings. The molecule has 0 bridgehead atoms. The fraction of sp³-hybridized carbons (Fsp3) is 0.857. The summed E-state index contributed by atoms with van der Waals surface area (Å²) in [5.41, 5.74) is 0. The van der Waals surface area contributed by atoms with Gasteiger partial charge in [0.25, 0.3) is 0 Å². The van der Waals surface area contributed by atoms with Gasteiger partial charge in [0.15, 0.2) is 0 Å². The third kappa shape index (κ3) is 6.30. The van der Waals surface area contributed by atoms with Gasteiger partial charge >= 0.3 is 0 Å². The number of carbonyl (C=O) groups is 1. The van der Waals surface area contributed by atoms with E-state index in [0.29, 0.717) is 0 Å². The Balaban J connectivity index is 3.66. The first-order valence-electron chi connectivity index (χ1n) is 3.80. The number of ketones is 1. The number of hydrogen-bond acceptors (Lipinski definition) is 3. The molecule has 0 aliphatic carbocycles. The van der Waals surface area contributed by atoms with Crippen molar-refractivity contribution in [1.82, 2.24) is 4.72 Å². The number of Topliss-reactive ketones (excluding diaryl/α,β-unsaturated/α-hetero) is 1. The lowest BCUT2D eigenvalue weighted by Gasteiger charge is -2.03. The Labute approximate surface area is 73.4 Å². The largest absolute Gasteiger partial charge is 0.299 e. The summed E-state index contributed by atoms with van der Waals surface area (Å²) in [6.07, 6.45) is 1.34. The maximum atomic E-state index is 11.0. The van der Waals surface area contributed by atoms with Crippen LogP contribution in [0, 0.1) is 5.92 Å². The Morgan fingerprint density at radius 1 is 1.42 bits per heavy atom. The highest BCUT2D eigenvalue weighted by Crippen LogP contribution is 1.97. The zero-order chi connectivity index (χ0) is 9.78. The van der Waals surface area contributed by atoms with E-state index in [1.807, 2.05) is 0 Å². The molecule has 1 N–H and O–H groups in total. The number of carbonyl (C=O) groups excluding carboxylic acids is 1. The molecule has 0 aliphatic heterocycles. The molecule has 0 saturated heterocycles. The average molecular weight is 193 g/mol. The third-order valence-corrected chi connectivity index (χ3v) is 2.11. The summed E-state index contributed by atoms with van der Waals surface area (Å²) in [6, 6.07) is 0. The van der Waals surface area contributed by atoms with E-state index < -0.39 is 10.0 Å². The second kappa shape index (κ2) is 4.57. The van der Waals surface area contributed by atoms with E-state index in [0.717, 1.165) is 6.26 Å². The minimum absolute atomic E-state index is 0.0219. The summed E-state index contributed by atoms with van der Waals surface area (Å²) in [4.78, 5) is 11.0. The van der Waals surface area contributed by atoms with Crippen LogP contribution in [0.15, 0.2) is 0 Å². The molecular weight excluding hydrogens is 178 g/mol. The van der Waals surface area contributed by atoms with Crippen molar-refractivity contribution < 1.29 is 13.2 Å². The van der Waals surface area contributed by atoms with Gasteiger partial charge in [0, 0.05) is 18.9 Å². The molecule has 72 valence electrons. The van der Waals surface area contributed by atoms with Crippen LogP contribution >= 0.6 is 0 Å². The van der Waals surface area contributed by atoms with Crippen LogP contribution in [0.25, 0.3) is 0 Å². The Morgan fingerprint density at radius 2 is 1.92 bits per heavy atom. The van der Waals surface area contributed by atoms with Crippen molar-refractivity contribution in [1.29, 1.82) is 0 Å². The second-order valence-corrected chi connectivity index (χ2v) is 4.87. The van der Waals surface area contributed by atoms with E-state index >= 15 is 0 Å². The first kappa shape index (κ1) is 11.6. The van der Waals surface area contributed by atoms with E-state index in [-0.39, 0.29) is 24.7 Å². The summed E-state index contributed by atoms with van der Waals surface area (Å²) in [5, 5.41) is 0. The quantitative estimate of drug-likeness (QED) is 0.676. The molecule has 12 heavy (non-hydrogen) atoms. The standard InChI is InChI=1S/C7H15NO3S/c1-6(2)7(9)4-5-8-12(3,10)11/h6,8H,4-5H2,1-3H3. The van der Waals surface area contributed by atoms with Gasteiger partial charge in [0.05, 0.1) is 6.26 Å². The molecule has 5 heteroatoms. The van der Waals surface area contributed by atoms with Gasteiger partial charge in [0.2, 0.25) is 10.0 Å². The lowest BCUT2D eigenvalue weighted by molar-refractivity contribution is -0.121. The van der Waals surface area contributed by atoms with Crippen LogP contribution < -0.4 is 4.72 Å². The van der Waals surface area contributed by atoms with Crippen LogP contribution in [0.1, 0.15) is 20.3 Å². The molecule has 0 aromatic carbocycles.